The minimum absolute atomic E-state index is 0.332. The number of benzene rings is 1. The number of amides is 1. The van der Waals surface area contributed by atoms with Gasteiger partial charge in [0.05, 0.1) is 5.56 Å². The lowest BCUT2D eigenvalue weighted by molar-refractivity contribution is -0.156. The van der Waals surface area contributed by atoms with E-state index in [1.165, 1.54) is 6.92 Å². The largest absolute Gasteiger partial charge is 0.508 e. The van der Waals surface area contributed by atoms with Crippen LogP contribution in [0.15, 0.2) is 30.3 Å². The van der Waals surface area contributed by atoms with Gasteiger partial charge in [0.1, 0.15) is 18.6 Å². The molecule has 25 heavy (non-hydrogen) atoms. The van der Waals surface area contributed by atoms with E-state index in [2.05, 4.69) is 10.1 Å². The molecule has 136 valence electrons. The highest BCUT2D eigenvalue weighted by atomic mass is 35.6. The zero-order valence-corrected chi connectivity index (χ0v) is 15.2. The summed E-state index contributed by atoms with van der Waals surface area (Å²) >= 11 is 16.4. The third-order valence-electron chi connectivity index (χ3n) is 3.30. The molecule has 1 N–H and O–H groups in total. The van der Waals surface area contributed by atoms with Crippen LogP contribution in [-0.4, -0.2) is 40.8 Å². The first-order valence-electron chi connectivity index (χ1n) is 7.14. The molecule has 1 unspecified atom stereocenters. The molecule has 0 spiro atoms. The monoisotopic (exact) mass is 409 g/mol. The van der Waals surface area contributed by atoms with Crippen LogP contribution in [0, 0.1) is 5.92 Å². The molecule has 1 aromatic rings. The Morgan fingerprint density at radius 3 is 2.44 bits per heavy atom. The second-order valence-electron chi connectivity index (χ2n) is 5.20. The molecule has 1 saturated heterocycles. The van der Waals surface area contributed by atoms with E-state index in [4.69, 9.17) is 44.3 Å². The summed E-state index contributed by atoms with van der Waals surface area (Å²) in [6, 6.07) is 8.26. The summed E-state index contributed by atoms with van der Waals surface area (Å²) in [7, 11) is 0. The maximum Gasteiger partial charge on any atom is 0.508 e. The van der Waals surface area contributed by atoms with Crippen LogP contribution in [0.25, 0.3) is 0 Å². The van der Waals surface area contributed by atoms with Crippen LogP contribution in [-0.2, 0) is 19.0 Å². The summed E-state index contributed by atoms with van der Waals surface area (Å²) in [6.45, 7) is 0.954. The van der Waals surface area contributed by atoms with Gasteiger partial charge in [0.25, 0.3) is 0 Å². The van der Waals surface area contributed by atoms with Crippen molar-refractivity contribution in [1.29, 1.82) is 0 Å². The normalized spacial score (nSPS) is 20.7. The fraction of sp³-hybridized carbons (Fsp3) is 0.400. The summed E-state index contributed by atoms with van der Waals surface area (Å²) in [6.07, 6.45) is -2.94. The van der Waals surface area contributed by atoms with E-state index < -0.39 is 46.7 Å². The number of alkyl halides is 3. The fourth-order valence-electron chi connectivity index (χ4n) is 2.09. The molecule has 0 radical (unpaired) electrons. The summed E-state index contributed by atoms with van der Waals surface area (Å²) in [4.78, 5) is 35.3. The number of β-lactam (4-membered cyclic amide) rings is 1. The lowest BCUT2D eigenvalue weighted by Gasteiger charge is -2.38. The van der Waals surface area contributed by atoms with Crippen LogP contribution >= 0.6 is 34.8 Å². The van der Waals surface area contributed by atoms with Gasteiger partial charge in [-0.05, 0) is 19.1 Å². The van der Waals surface area contributed by atoms with Crippen molar-refractivity contribution in [3.8, 4) is 0 Å². The van der Waals surface area contributed by atoms with Crippen LogP contribution in [0.1, 0.15) is 17.3 Å². The summed E-state index contributed by atoms with van der Waals surface area (Å²) in [5.41, 5.74) is 0.332. The molecule has 1 aliphatic rings. The molecule has 1 heterocycles. The third kappa shape index (κ3) is 5.66. The Bertz CT molecular complexity index is 648. The Kier molecular flexibility index (Phi) is 6.37. The highest BCUT2D eigenvalue weighted by Gasteiger charge is 2.47. The molecule has 1 aromatic carbocycles. The second-order valence-corrected chi connectivity index (χ2v) is 7.72. The van der Waals surface area contributed by atoms with Crippen LogP contribution in [0.3, 0.4) is 0 Å². The number of nitrogens with one attached hydrogen (secondary N) is 1. The van der Waals surface area contributed by atoms with Crippen molar-refractivity contribution < 1.29 is 28.6 Å². The van der Waals surface area contributed by atoms with Gasteiger partial charge in [-0.25, -0.2) is 9.59 Å². The number of hydrogen-bond donors (Lipinski definition) is 1. The van der Waals surface area contributed by atoms with Crippen molar-refractivity contribution in [2.75, 3.05) is 6.61 Å². The Labute approximate surface area is 158 Å². The Morgan fingerprint density at radius 2 is 1.88 bits per heavy atom. The van der Waals surface area contributed by atoms with E-state index in [0.717, 1.165) is 0 Å². The number of hydrogen-bond acceptors (Lipinski definition) is 6. The molecule has 7 nitrogen and oxygen atoms in total. The third-order valence-corrected chi connectivity index (χ3v) is 3.63. The minimum Gasteiger partial charge on any atom is -0.437 e. The fourth-order valence-corrected chi connectivity index (χ4v) is 2.25. The number of ether oxygens (including phenoxy) is 3. The first-order valence-corrected chi connectivity index (χ1v) is 8.27. The van der Waals surface area contributed by atoms with Crippen molar-refractivity contribution in [2.24, 2.45) is 5.92 Å². The van der Waals surface area contributed by atoms with Crippen LogP contribution < -0.4 is 5.32 Å². The van der Waals surface area contributed by atoms with Gasteiger partial charge in [0.15, 0.2) is 6.23 Å². The standard InChI is InChI=1S/C15H14Cl3NO6/c1-8(24-14(22)23-7-15(16,17)18)10-11(20)19-12(10)25-13(21)9-5-3-2-4-6-9/h2-6,8,10,12H,7H2,1H3,(H,19,20)/t8?,10-,12+/m0/s1. The maximum atomic E-state index is 12.0. The highest BCUT2D eigenvalue weighted by Crippen LogP contribution is 2.27. The van der Waals surface area contributed by atoms with Crippen LogP contribution in [0.2, 0.25) is 0 Å². The lowest BCUT2D eigenvalue weighted by atomic mass is 9.93. The molecule has 3 atom stereocenters. The Hall–Kier alpha value is -1.70. The van der Waals surface area contributed by atoms with Crippen molar-refractivity contribution in [1.82, 2.24) is 5.32 Å². The van der Waals surface area contributed by atoms with Gasteiger partial charge in [-0.1, -0.05) is 53.0 Å². The van der Waals surface area contributed by atoms with Gasteiger partial charge in [0, 0.05) is 0 Å². The SMILES string of the molecule is CC(OC(=O)OCC(Cl)(Cl)Cl)[C@H]1C(=O)N[C@@H]1OC(=O)c1ccccc1. The molecule has 1 amide bonds. The number of esters is 1. The van der Waals surface area contributed by atoms with Crippen LogP contribution in [0.5, 0.6) is 0 Å². The minimum atomic E-state index is -1.77. The summed E-state index contributed by atoms with van der Waals surface area (Å²) in [5, 5.41) is 2.43. The van der Waals surface area contributed by atoms with Crippen molar-refractivity contribution in [2.45, 2.75) is 23.0 Å². The van der Waals surface area contributed by atoms with E-state index >= 15 is 0 Å². The quantitative estimate of drug-likeness (QED) is 0.456. The molecule has 0 aromatic heterocycles. The predicted octanol–water partition coefficient (Wildman–Crippen LogP) is 2.83. The Balaban J connectivity index is 1.88. The zero-order valence-electron chi connectivity index (χ0n) is 12.9. The maximum absolute atomic E-state index is 12.0. The molecule has 0 saturated carbocycles. The number of carbonyl (C=O) groups is 3. The van der Waals surface area contributed by atoms with Crippen LogP contribution in [0.4, 0.5) is 4.79 Å². The van der Waals surface area contributed by atoms with Crippen molar-refractivity contribution in [3.05, 3.63) is 35.9 Å². The van der Waals surface area contributed by atoms with Crippen molar-refractivity contribution in [3.63, 3.8) is 0 Å². The zero-order chi connectivity index (χ0) is 18.6. The molecule has 0 bridgehead atoms. The molecular formula is C15H14Cl3NO6. The second kappa shape index (κ2) is 8.12. The highest BCUT2D eigenvalue weighted by molar-refractivity contribution is 6.67. The van der Waals surface area contributed by atoms with Gasteiger partial charge >= 0.3 is 12.1 Å². The van der Waals surface area contributed by atoms with Gasteiger partial charge in [-0.2, -0.15) is 0 Å². The van der Waals surface area contributed by atoms with E-state index in [0.29, 0.717) is 5.56 Å². The molecule has 10 heteroatoms. The molecule has 1 aliphatic heterocycles. The molecule has 2 rings (SSSR count). The van der Waals surface area contributed by atoms with Gasteiger partial charge < -0.3 is 19.5 Å². The van der Waals surface area contributed by atoms with E-state index in [1.54, 1.807) is 30.3 Å². The van der Waals surface area contributed by atoms with Gasteiger partial charge in [0.2, 0.25) is 9.70 Å². The van der Waals surface area contributed by atoms with E-state index in [-0.39, 0.29) is 0 Å². The number of carbonyl (C=O) groups excluding carboxylic acids is 3. The van der Waals surface area contributed by atoms with E-state index in [9.17, 15) is 14.4 Å². The molecule has 1 fully saturated rings. The number of rotatable bonds is 5. The van der Waals surface area contributed by atoms with E-state index in [1.807, 2.05) is 0 Å². The lowest BCUT2D eigenvalue weighted by Crippen LogP contribution is -2.64. The molecular weight excluding hydrogens is 397 g/mol. The Morgan fingerprint density at radius 1 is 1.24 bits per heavy atom. The first-order chi connectivity index (χ1) is 11.7. The van der Waals surface area contributed by atoms with Gasteiger partial charge in [-0.3, -0.25) is 4.79 Å². The van der Waals surface area contributed by atoms with Crippen molar-refractivity contribution >= 4 is 52.8 Å². The van der Waals surface area contributed by atoms with Gasteiger partial charge in [-0.15, -0.1) is 0 Å². The molecule has 0 aliphatic carbocycles. The summed E-state index contributed by atoms with van der Waals surface area (Å²) < 4.78 is 13.0. The smallest absolute Gasteiger partial charge is 0.437 e. The average Bonchev–Trinajstić information content (AvgIpc) is 2.52. The number of halogens is 3. The summed E-state index contributed by atoms with van der Waals surface area (Å²) in [5.74, 6) is -1.90. The first kappa shape index (κ1) is 19.6. The predicted molar refractivity (Wildman–Crippen MR) is 89.5 cm³/mol. The topological polar surface area (TPSA) is 90.9 Å². The average molecular weight is 411 g/mol.